The number of rotatable bonds is 2. The van der Waals surface area contributed by atoms with E-state index < -0.39 is 8.24 Å². The van der Waals surface area contributed by atoms with Crippen LogP contribution in [0, 0.1) is 0 Å². The monoisotopic (exact) mass is 184 g/mol. The standard InChI is InChI=1S/C8H16N2OSi/c1-12(2)8-4-3-6-10(12)9-5-7-11/h5,7H,3-4,6,8H2,1-2H3. The third-order valence-electron chi connectivity index (χ3n) is 2.37. The summed E-state index contributed by atoms with van der Waals surface area (Å²) in [6, 6.07) is 1.29. The molecule has 1 heterocycles. The Hall–Kier alpha value is -0.643. The highest BCUT2D eigenvalue weighted by Gasteiger charge is 2.31. The fourth-order valence-corrected chi connectivity index (χ4v) is 4.09. The van der Waals surface area contributed by atoms with Crippen molar-refractivity contribution in [3.63, 3.8) is 0 Å². The number of hydrazone groups is 1. The van der Waals surface area contributed by atoms with Crippen LogP contribution in [0.4, 0.5) is 0 Å². The zero-order valence-corrected chi connectivity index (χ0v) is 8.79. The van der Waals surface area contributed by atoms with Crippen molar-refractivity contribution in [3.8, 4) is 0 Å². The van der Waals surface area contributed by atoms with Crippen LogP contribution in [0.1, 0.15) is 12.8 Å². The number of aldehydes is 1. The van der Waals surface area contributed by atoms with E-state index in [1.807, 2.05) is 0 Å². The van der Waals surface area contributed by atoms with E-state index in [9.17, 15) is 4.79 Å². The molecule has 0 aromatic heterocycles. The summed E-state index contributed by atoms with van der Waals surface area (Å²) in [6.07, 6.45) is 4.65. The minimum Gasteiger partial charge on any atom is -0.324 e. The molecule has 0 amide bonds. The Morgan fingerprint density at radius 2 is 2.17 bits per heavy atom. The molecule has 0 unspecified atom stereocenters. The molecule has 0 atom stereocenters. The molecule has 0 aliphatic carbocycles. The van der Waals surface area contributed by atoms with E-state index in [1.165, 1.54) is 25.1 Å². The predicted molar refractivity (Wildman–Crippen MR) is 52.8 cm³/mol. The quantitative estimate of drug-likeness (QED) is 0.370. The minimum atomic E-state index is -1.28. The second-order valence-electron chi connectivity index (χ2n) is 3.79. The van der Waals surface area contributed by atoms with Gasteiger partial charge in [-0.15, -0.1) is 0 Å². The van der Waals surface area contributed by atoms with Gasteiger partial charge in [0, 0.05) is 6.54 Å². The fraction of sp³-hybridized carbons (Fsp3) is 0.750. The largest absolute Gasteiger partial charge is 0.324 e. The lowest BCUT2D eigenvalue weighted by atomic mass is 10.3. The molecule has 68 valence electrons. The van der Waals surface area contributed by atoms with Crippen molar-refractivity contribution in [2.24, 2.45) is 5.10 Å². The minimum absolute atomic E-state index is 0.749. The highest BCUT2D eigenvalue weighted by Crippen LogP contribution is 2.24. The molecule has 1 fully saturated rings. The molecule has 4 heteroatoms. The van der Waals surface area contributed by atoms with E-state index in [0.29, 0.717) is 0 Å². The molecule has 1 aliphatic rings. The number of hydrogen-bond donors (Lipinski definition) is 0. The summed E-state index contributed by atoms with van der Waals surface area (Å²) in [4.78, 5) is 10.1. The summed E-state index contributed by atoms with van der Waals surface area (Å²) in [6.45, 7) is 5.63. The first kappa shape index (κ1) is 9.44. The SMILES string of the molecule is C[Si]1(C)CCCCN1N=CC=O. The fourth-order valence-electron chi connectivity index (χ4n) is 1.57. The second-order valence-corrected chi connectivity index (χ2v) is 8.43. The Kier molecular flexibility index (Phi) is 3.03. The predicted octanol–water partition coefficient (Wildman–Crippen LogP) is 1.47. The maximum Gasteiger partial charge on any atom is 0.172 e. The maximum atomic E-state index is 10.1. The van der Waals surface area contributed by atoms with Gasteiger partial charge < -0.3 is 4.67 Å². The van der Waals surface area contributed by atoms with Crippen molar-refractivity contribution in [2.75, 3.05) is 6.54 Å². The number of carbonyl (C=O) groups excluding carboxylic acids is 1. The van der Waals surface area contributed by atoms with Crippen LogP contribution in [-0.2, 0) is 4.79 Å². The topological polar surface area (TPSA) is 32.7 Å². The highest BCUT2D eigenvalue weighted by molar-refractivity contribution is 6.74. The Balaban J connectivity index is 2.59. The van der Waals surface area contributed by atoms with Crippen LogP contribution in [0.15, 0.2) is 5.10 Å². The summed E-state index contributed by atoms with van der Waals surface area (Å²) >= 11 is 0. The van der Waals surface area contributed by atoms with E-state index in [2.05, 4.69) is 22.9 Å². The summed E-state index contributed by atoms with van der Waals surface area (Å²) in [5.41, 5.74) is 0. The molecular weight excluding hydrogens is 168 g/mol. The van der Waals surface area contributed by atoms with Gasteiger partial charge in [0.2, 0.25) is 0 Å². The highest BCUT2D eigenvalue weighted by atomic mass is 28.3. The summed E-state index contributed by atoms with van der Waals surface area (Å²) in [7, 11) is -1.28. The van der Waals surface area contributed by atoms with Crippen molar-refractivity contribution in [1.82, 2.24) is 4.67 Å². The molecular formula is C8H16N2OSi. The molecule has 0 spiro atoms. The summed E-state index contributed by atoms with van der Waals surface area (Å²) in [5, 5.41) is 4.16. The maximum absolute atomic E-state index is 10.1. The average molecular weight is 184 g/mol. The summed E-state index contributed by atoms with van der Waals surface area (Å²) < 4.78 is 2.14. The van der Waals surface area contributed by atoms with Crippen LogP contribution in [0.5, 0.6) is 0 Å². The molecule has 0 aromatic rings. The van der Waals surface area contributed by atoms with E-state index in [-0.39, 0.29) is 0 Å². The smallest absolute Gasteiger partial charge is 0.172 e. The molecule has 1 saturated heterocycles. The van der Waals surface area contributed by atoms with E-state index in [1.54, 1.807) is 0 Å². The number of carbonyl (C=O) groups is 1. The first-order chi connectivity index (χ1) is 5.67. The zero-order chi connectivity index (χ0) is 9.03. The molecule has 0 radical (unpaired) electrons. The van der Waals surface area contributed by atoms with E-state index >= 15 is 0 Å². The first-order valence-corrected chi connectivity index (χ1v) is 7.57. The Morgan fingerprint density at radius 1 is 1.42 bits per heavy atom. The van der Waals surface area contributed by atoms with Gasteiger partial charge in [0.15, 0.2) is 14.5 Å². The normalized spacial score (nSPS) is 23.0. The van der Waals surface area contributed by atoms with E-state index in [4.69, 9.17) is 0 Å². The van der Waals surface area contributed by atoms with Crippen molar-refractivity contribution in [2.45, 2.75) is 32.0 Å². The van der Waals surface area contributed by atoms with Gasteiger partial charge in [0.05, 0.1) is 6.21 Å². The molecule has 0 saturated carbocycles. The van der Waals surface area contributed by atoms with Gasteiger partial charge in [-0.1, -0.05) is 19.5 Å². The molecule has 0 aromatic carbocycles. The van der Waals surface area contributed by atoms with Gasteiger partial charge in [-0.3, -0.25) is 4.79 Å². The van der Waals surface area contributed by atoms with E-state index in [0.717, 1.165) is 12.8 Å². The third kappa shape index (κ3) is 2.17. The Bertz CT molecular complexity index is 191. The lowest BCUT2D eigenvalue weighted by molar-refractivity contribution is -0.102. The lowest BCUT2D eigenvalue weighted by Gasteiger charge is -2.38. The van der Waals surface area contributed by atoms with Crippen LogP contribution < -0.4 is 0 Å². The van der Waals surface area contributed by atoms with Crippen LogP contribution in [0.2, 0.25) is 19.1 Å². The zero-order valence-electron chi connectivity index (χ0n) is 7.79. The Morgan fingerprint density at radius 3 is 2.75 bits per heavy atom. The van der Waals surface area contributed by atoms with Gasteiger partial charge in [0.1, 0.15) is 0 Å². The van der Waals surface area contributed by atoms with Crippen molar-refractivity contribution in [3.05, 3.63) is 0 Å². The third-order valence-corrected chi connectivity index (χ3v) is 5.69. The van der Waals surface area contributed by atoms with Crippen molar-refractivity contribution >= 4 is 20.7 Å². The molecule has 0 N–H and O–H groups in total. The van der Waals surface area contributed by atoms with Crippen LogP contribution in [0.25, 0.3) is 0 Å². The molecule has 12 heavy (non-hydrogen) atoms. The van der Waals surface area contributed by atoms with Gasteiger partial charge in [-0.25, -0.2) is 0 Å². The van der Waals surface area contributed by atoms with Gasteiger partial charge in [-0.2, -0.15) is 5.10 Å². The molecule has 3 nitrogen and oxygen atoms in total. The summed E-state index contributed by atoms with van der Waals surface area (Å²) in [5.74, 6) is 0. The average Bonchev–Trinajstić information content (AvgIpc) is 2.02. The Labute approximate surface area is 74.5 Å². The van der Waals surface area contributed by atoms with Gasteiger partial charge in [0.25, 0.3) is 0 Å². The van der Waals surface area contributed by atoms with Crippen LogP contribution in [-0.4, -0.2) is 32.0 Å². The van der Waals surface area contributed by atoms with Crippen molar-refractivity contribution in [1.29, 1.82) is 0 Å². The molecule has 1 rings (SSSR count). The van der Waals surface area contributed by atoms with Crippen LogP contribution in [0.3, 0.4) is 0 Å². The van der Waals surface area contributed by atoms with Gasteiger partial charge in [-0.05, 0) is 12.5 Å². The molecule has 0 bridgehead atoms. The number of hydrogen-bond acceptors (Lipinski definition) is 3. The number of nitrogens with zero attached hydrogens (tertiary/aromatic N) is 2. The van der Waals surface area contributed by atoms with Crippen LogP contribution >= 0.6 is 0 Å². The van der Waals surface area contributed by atoms with Gasteiger partial charge >= 0.3 is 0 Å². The van der Waals surface area contributed by atoms with Crippen molar-refractivity contribution < 1.29 is 4.79 Å². The molecule has 1 aliphatic heterocycles. The second kappa shape index (κ2) is 3.84. The first-order valence-electron chi connectivity index (χ1n) is 4.42. The lowest BCUT2D eigenvalue weighted by Crippen LogP contribution is -2.48.